The maximum atomic E-state index is 10.2. The van der Waals surface area contributed by atoms with Gasteiger partial charge in [0.2, 0.25) is 0 Å². The average Bonchev–Trinajstić information content (AvgIpc) is 3.27. The van der Waals surface area contributed by atoms with Crippen LogP contribution in [0.1, 0.15) is 34.6 Å². The van der Waals surface area contributed by atoms with Gasteiger partial charge in [-0.05, 0) is 60.4 Å². The van der Waals surface area contributed by atoms with Gasteiger partial charge in [0.15, 0.2) is 6.29 Å². The number of hydrogen-bond acceptors (Lipinski definition) is 4. The molecule has 4 nitrogen and oxygen atoms in total. The molecule has 1 aliphatic carbocycles. The predicted octanol–water partition coefficient (Wildman–Crippen LogP) is 4.41. The van der Waals surface area contributed by atoms with Crippen LogP contribution < -0.4 is 4.74 Å². The zero-order valence-corrected chi connectivity index (χ0v) is 16.6. The number of benzene rings is 2. The summed E-state index contributed by atoms with van der Waals surface area (Å²) in [6.07, 6.45) is 2.47. The van der Waals surface area contributed by atoms with E-state index < -0.39 is 0 Å². The highest BCUT2D eigenvalue weighted by Crippen LogP contribution is 2.46. The first kappa shape index (κ1) is 19.0. The summed E-state index contributed by atoms with van der Waals surface area (Å²) in [6.45, 7) is 3.35. The summed E-state index contributed by atoms with van der Waals surface area (Å²) in [4.78, 5) is 0. The third kappa shape index (κ3) is 3.53. The second kappa shape index (κ2) is 8.34. The van der Waals surface area contributed by atoms with Gasteiger partial charge in [0.1, 0.15) is 5.75 Å². The van der Waals surface area contributed by atoms with Gasteiger partial charge in [0, 0.05) is 5.92 Å². The van der Waals surface area contributed by atoms with Crippen molar-refractivity contribution in [1.29, 1.82) is 5.26 Å². The Kier molecular flexibility index (Phi) is 5.66. The predicted molar refractivity (Wildman–Crippen MR) is 107 cm³/mol. The molecule has 0 saturated carbocycles. The van der Waals surface area contributed by atoms with Gasteiger partial charge in [-0.1, -0.05) is 36.4 Å². The maximum Gasteiger partial charge on any atom is 0.161 e. The average molecular weight is 377 g/mol. The standard InChI is InChI=1S/C24H27NO3/c1-16-8-11-22(26-2)19-10-9-18(21(15-25)23(16)19)20(24-27-12-13-28-24)14-17-6-4-3-5-7-17/h3-8,11,18,20-21,24H,9-10,12-14H2,1-2H3. The molecule has 4 rings (SSSR count). The third-order valence-corrected chi connectivity index (χ3v) is 6.22. The molecule has 146 valence electrons. The Morgan fingerprint density at radius 2 is 1.89 bits per heavy atom. The first-order valence-electron chi connectivity index (χ1n) is 10.1. The van der Waals surface area contributed by atoms with Gasteiger partial charge in [-0.15, -0.1) is 0 Å². The number of nitriles is 1. The lowest BCUT2D eigenvalue weighted by molar-refractivity contribution is -0.102. The molecule has 2 aliphatic rings. The van der Waals surface area contributed by atoms with Gasteiger partial charge in [-0.3, -0.25) is 0 Å². The van der Waals surface area contributed by atoms with Gasteiger partial charge >= 0.3 is 0 Å². The first-order valence-corrected chi connectivity index (χ1v) is 10.1. The van der Waals surface area contributed by atoms with Crippen molar-refractivity contribution in [2.24, 2.45) is 11.8 Å². The van der Waals surface area contributed by atoms with Gasteiger partial charge in [0.05, 0.1) is 32.3 Å². The normalized spacial score (nSPS) is 23.0. The van der Waals surface area contributed by atoms with Gasteiger partial charge < -0.3 is 14.2 Å². The zero-order valence-electron chi connectivity index (χ0n) is 16.6. The van der Waals surface area contributed by atoms with Crippen LogP contribution in [0.25, 0.3) is 0 Å². The van der Waals surface area contributed by atoms with Gasteiger partial charge in [-0.2, -0.15) is 5.26 Å². The van der Waals surface area contributed by atoms with Crippen molar-refractivity contribution < 1.29 is 14.2 Å². The van der Waals surface area contributed by atoms with E-state index in [2.05, 4.69) is 43.3 Å². The van der Waals surface area contributed by atoms with E-state index >= 15 is 0 Å². The van der Waals surface area contributed by atoms with E-state index in [1.54, 1.807) is 7.11 Å². The van der Waals surface area contributed by atoms with Crippen LogP contribution in [-0.2, 0) is 22.3 Å². The van der Waals surface area contributed by atoms with E-state index in [9.17, 15) is 5.26 Å². The quantitative estimate of drug-likeness (QED) is 0.775. The number of methoxy groups -OCH3 is 1. The molecular weight excluding hydrogens is 350 g/mol. The summed E-state index contributed by atoms with van der Waals surface area (Å²) < 4.78 is 17.5. The summed E-state index contributed by atoms with van der Waals surface area (Å²) >= 11 is 0. The van der Waals surface area contributed by atoms with Crippen LogP contribution in [0.5, 0.6) is 5.75 Å². The Balaban J connectivity index is 1.71. The van der Waals surface area contributed by atoms with Crippen molar-refractivity contribution in [3.63, 3.8) is 0 Å². The monoisotopic (exact) mass is 377 g/mol. The Morgan fingerprint density at radius 1 is 1.14 bits per heavy atom. The highest BCUT2D eigenvalue weighted by Gasteiger charge is 2.42. The fourth-order valence-electron chi connectivity index (χ4n) is 4.92. The Labute approximate surface area is 167 Å². The molecule has 0 amide bonds. The highest BCUT2D eigenvalue weighted by molar-refractivity contribution is 5.50. The minimum atomic E-state index is -0.242. The molecule has 1 saturated heterocycles. The maximum absolute atomic E-state index is 10.2. The summed E-state index contributed by atoms with van der Waals surface area (Å²) in [7, 11) is 1.71. The second-order valence-electron chi connectivity index (χ2n) is 7.75. The highest BCUT2D eigenvalue weighted by atomic mass is 16.7. The molecule has 1 heterocycles. The molecule has 28 heavy (non-hydrogen) atoms. The molecule has 0 spiro atoms. The Bertz CT molecular complexity index is 852. The van der Waals surface area contributed by atoms with Gasteiger partial charge in [-0.25, -0.2) is 0 Å². The number of hydrogen-bond donors (Lipinski definition) is 0. The number of aryl methyl sites for hydroxylation is 1. The molecule has 3 unspecified atom stereocenters. The van der Waals surface area contributed by atoms with Crippen molar-refractivity contribution in [1.82, 2.24) is 0 Å². The van der Waals surface area contributed by atoms with Crippen molar-refractivity contribution in [2.45, 2.75) is 38.4 Å². The van der Waals surface area contributed by atoms with E-state index in [-0.39, 0.29) is 24.0 Å². The largest absolute Gasteiger partial charge is 0.496 e. The lowest BCUT2D eigenvalue weighted by Crippen LogP contribution is -2.36. The smallest absolute Gasteiger partial charge is 0.161 e. The molecule has 1 aliphatic heterocycles. The van der Waals surface area contributed by atoms with Crippen molar-refractivity contribution >= 4 is 0 Å². The number of rotatable bonds is 5. The fraction of sp³-hybridized carbons (Fsp3) is 0.458. The SMILES string of the molecule is COc1ccc(C)c2c1CCC(C(Cc1ccccc1)C1OCCO1)C2C#N. The zero-order chi connectivity index (χ0) is 19.5. The lowest BCUT2D eigenvalue weighted by Gasteiger charge is -2.38. The van der Waals surface area contributed by atoms with Crippen molar-refractivity contribution in [3.8, 4) is 11.8 Å². The van der Waals surface area contributed by atoms with Crippen LogP contribution in [0.2, 0.25) is 0 Å². The molecular formula is C24H27NO3. The molecule has 0 bridgehead atoms. The fourth-order valence-corrected chi connectivity index (χ4v) is 4.92. The lowest BCUT2D eigenvalue weighted by atomic mass is 9.67. The van der Waals surface area contributed by atoms with E-state index in [0.29, 0.717) is 13.2 Å². The Hall–Kier alpha value is -2.35. The molecule has 1 fully saturated rings. The van der Waals surface area contributed by atoms with Crippen molar-refractivity contribution in [2.75, 3.05) is 20.3 Å². The van der Waals surface area contributed by atoms with E-state index in [1.165, 1.54) is 16.7 Å². The van der Waals surface area contributed by atoms with Crippen LogP contribution >= 0.6 is 0 Å². The Morgan fingerprint density at radius 3 is 2.57 bits per heavy atom. The van der Waals surface area contributed by atoms with Crippen LogP contribution in [0.15, 0.2) is 42.5 Å². The number of nitrogens with zero attached hydrogens (tertiary/aromatic N) is 1. The van der Waals surface area contributed by atoms with E-state index in [1.807, 2.05) is 12.1 Å². The number of ether oxygens (including phenoxy) is 3. The van der Waals surface area contributed by atoms with Crippen LogP contribution in [0.4, 0.5) is 0 Å². The van der Waals surface area contributed by atoms with E-state index in [4.69, 9.17) is 14.2 Å². The molecule has 0 radical (unpaired) electrons. The van der Waals surface area contributed by atoms with Crippen LogP contribution in [-0.4, -0.2) is 26.6 Å². The van der Waals surface area contributed by atoms with Crippen LogP contribution in [0, 0.1) is 30.1 Å². The molecule has 0 N–H and O–H groups in total. The third-order valence-electron chi connectivity index (χ3n) is 6.22. The van der Waals surface area contributed by atoms with Crippen LogP contribution in [0.3, 0.4) is 0 Å². The molecule has 4 heteroatoms. The summed E-state index contributed by atoms with van der Waals surface area (Å²) in [5.74, 6) is 1.05. The molecule has 2 aromatic rings. The van der Waals surface area contributed by atoms with E-state index in [0.717, 1.165) is 30.6 Å². The van der Waals surface area contributed by atoms with Gasteiger partial charge in [0.25, 0.3) is 0 Å². The molecule has 3 atom stereocenters. The number of fused-ring (bicyclic) bond motifs is 1. The second-order valence-corrected chi connectivity index (χ2v) is 7.75. The summed E-state index contributed by atoms with van der Waals surface area (Å²) in [6, 6.07) is 17.2. The summed E-state index contributed by atoms with van der Waals surface area (Å²) in [5.41, 5.74) is 4.77. The first-order chi connectivity index (χ1) is 13.7. The van der Waals surface area contributed by atoms with Crippen molar-refractivity contribution in [3.05, 3.63) is 64.7 Å². The topological polar surface area (TPSA) is 51.5 Å². The summed E-state index contributed by atoms with van der Waals surface area (Å²) in [5, 5.41) is 10.2. The minimum absolute atomic E-state index is 0.147. The molecule has 0 aromatic heterocycles. The molecule has 2 aromatic carbocycles. The minimum Gasteiger partial charge on any atom is -0.496 e.